The van der Waals surface area contributed by atoms with Gasteiger partial charge in [0.2, 0.25) is 0 Å². The van der Waals surface area contributed by atoms with Gasteiger partial charge in [0, 0.05) is 33.3 Å². The van der Waals surface area contributed by atoms with E-state index in [0.717, 1.165) is 28.2 Å². The molecule has 0 atom stereocenters. The molecular formula is C53H45N. The van der Waals surface area contributed by atoms with Crippen LogP contribution >= 0.6 is 0 Å². The Morgan fingerprint density at radius 3 is 1.15 bits per heavy atom. The molecule has 7 aromatic rings. The number of hydrogen-bond donors (Lipinski definition) is 0. The van der Waals surface area contributed by atoms with Gasteiger partial charge in [-0.1, -0.05) is 169 Å². The highest BCUT2D eigenvalue weighted by Crippen LogP contribution is 2.53. The van der Waals surface area contributed by atoms with Crippen molar-refractivity contribution in [1.82, 2.24) is 0 Å². The zero-order valence-electron chi connectivity index (χ0n) is 33.9. The van der Waals surface area contributed by atoms with Crippen molar-refractivity contribution in [1.29, 1.82) is 0 Å². The van der Waals surface area contributed by atoms with Crippen molar-refractivity contribution in [3.05, 3.63) is 196 Å². The largest absolute Gasteiger partial charge is 0.310 e. The van der Waals surface area contributed by atoms with Crippen molar-refractivity contribution >= 4 is 29.2 Å². The molecule has 3 aliphatic rings. The minimum Gasteiger partial charge on any atom is -0.310 e. The molecule has 7 aromatic carbocycles. The highest BCUT2D eigenvalue weighted by Gasteiger charge is 2.38. The van der Waals surface area contributed by atoms with E-state index in [9.17, 15) is 2.74 Å². The Morgan fingerprint density at radius 2 is 0.685 bits per heavy atom. The highest BCUT2D eigenvalue weighted by molar-refractivity contribution is 5.89. The Bertz CT molecular complexity index is 2690. The number of fused-ring (bicyclic) bond motifs is 9. The van der Waals surface area contributed by atoms with Gasteiger partial charge in [0.05, 0.1) is 2.74 Å². The molecule has 0 radical (unpaired) electrons. The van der Waals surface area contributed by atoms with E-state index in [4.69, 9.17) is 0 Å². The van der Waals surface area contributed by atoms with E-state index < -0.39 is 0 Å². The molecule has 0 spiro atoms. The lowest BCUT2D eigenvalue weighted by atomic mass is 9.82. The van der Waals surface area contributed by atoms with Gasteiger partial charge in [0.15, 0.2) is 0 Å². The van der Waals surface area contributed by atoms with E-state index >= 15 is 0 Å². The van der Waals surface area contributed by atoms with Crippen molar-refractivity contribution in [3.63, 3.8) is 0 Å². The maximum Gasteiger partial charge on any atom is 0.0629 e. The van der Waals surface area contributed by atoms with Crippen LogP contribution in [-0.4, -0.2) is 0 Å². The second-order valence-electron chi connectivity index (χ2n) is 16.9. The maximum absolute atomic E-state index is 9.25. The van der Waals surface area contributed by atoms with E-state index in [1.54, 1.807) is 0 Å². The van der Waals surface area contributed by atoms with E-state index in [0.29, 0.717) is 0 Å². The SMILES string of the molecule is [2H]/C(=C(/[2H])c1ccc2c(c1)C(C)(C)c1ccccc1-2)c1ccc(N(c2ccc3c(c2)C(C)(C)c2ccccc2-3)c2ccc3c(c2)C(C)(C)c2ccccc2-3)cc1. The Morgan fingerprint density at radius 1 is 0.352 bits per heavy atom. The van der Waals surface area contributed by atoms with Crippen LogP contribution < -0.4 is 4.90 Å². The average Bonchev–Trinajstić information content (AvgIpc) is 3.70. The summed E-state index contributed by atoms with van der Waals surface area (Å²) in [7, 11) is 0. The first kappa shape index (κ1) is 30.5. The molecule has 0 saturated carbocycles. The molecule has 1 nitrogen and oxygen atoms in total. The number of rotatable bonds is 5. The molecule has 0 fully saturated rings. The molecule has 0 aliphatic heterocycles. The Kier molecular flexibility index (Phi) is 6.52. The zero-order chi connectivity index (χ0) is 38.7. The van der Waals surface area contributed by atoms with Crippen LogP contribution in [0.25, 0.3) is 45.5 Å². The smallest absolute Gasteiger partial charge is 0.0629 e. The fourth-order valence-corrected chi connectivity index (χ4v) is 9.73. The number of benzene rings is 7. The molecule has 262 valence electrons. The van der Waals surface area contributed by atoms with Crippen LogP contribution in [0.2, 0.25) is 0 Å². The molecule has 0 heterocycles. The molecule has 0 saturated heterocycles. The van der Waals surface area contributed by atoms with Gasteiger partial charge in [0.1, 0.15) is 0 Å². The number of anilines is 3. The molecule has 0 unspecified atom stereocenters. The molecule has 54 heavy (non-hydrogen) atoms. The summed E-state index contributed by atoms with van der Waals surface area (Å²) in [6.45, 7) is 13.8. The summed E-state index contributed by atoms with van der Waals surface area (Å²) in [6, 6.07) is 55.0. The predicted octanol–water partition coefficient (Wildman–Crippen LogP) is 14.2. The van der Waals surface area contributed by atoms with Crippen LogP contribution in [0.5, 0.6) is 0 Å². The van der Waals surface area contributed by atoms with Crippen molar-refractivity contribution in [2.24, 2.45) is 0 Å². The minimum atomic E-state index is -0.166. The lowest BCUT2D eigenvalue weighted by Crippen LogP contribution is -2.18. The van der Waals surface area contributed by atoms with Gasteiger partial charge in [-0.3, -0.25) is 0 Å². The summed E-state index contributed by atoms with van der Waals surface area (Å²) in [5, 5.41) is 0. The summed E-state index contributed by atoms with van der Waals surface area (Å²) >= 11 is 0. The van der Waals surface area contributed by atoms with Gasteiger partial charge in [-0.2, -0.15) is 0 Å². The highest BCUT2D eigenvalue weighted by atomic mass is 15.1. The zero-order valence-corrected chi connectivity index (χ0v) is 31.9. The van der Waals surface area contributed by atoms with Crippen LogP contribution in [0.3, 0.4) is 0 Å². The third-order valence-corrected chi connectivity index (χ3v) is 12.7. The van der Waals surface area contributed by atoms with E-state index in [1.165, 1.54) is 66.8 Å². The van der Waals surface area contributed by atoms with Crippen LogP contribution in [0.15, 0.2) is 152 Å². The van der Waals surface area contributed by atoms with Gasteiger partial charge in [-0.15, -0.1) is 0 Å². The lowest BCUT2D eigenvalue weighted by molar-refractivity contribution is 0.660. The van der Waals surface area contributed by atoms with Gasteiger partial charge in [0.25, 0.3) is 0 Å². The second kappa shape index (κ2) is 11.5. The normalized spacial score (nSPS) is 16.9. The summed E-state index contributed by atoms with van der Waals surface area (Å²) in [6.07, 6.45) is 0. The Balaban J connectivity index is 1.07. The fraction of sp³-hybridized carbons (Fsp3) is 0.170. The number of nitrogens with zero attached hydrogens (tertiary/aromatic N) is 1. The first-order valence-corrected chi connectivity index (χ1v) is 19.2. The molecule has 0 N–H and O–H groups in total. The van der Waals surface area contributed by atoms with Gasteiger partial charge < -0.3 is 4.90 Å². The summed E-state index contributed by atoms with van der Waals surface area (Å²) in [4.78, 5) is 2.36. The van der Waals surface area contributed by atoms with E-state index in [-0.39, 0.29) is 28.3 Å². The fourth-order valence-electron chi connectivity index (χ4n) is 9.73. The molecular weight excluding hydrogens is 651 g/mol. The van der Waals surface area contributed by atoms with Crippen LogP contribution in [-0.2, 0) is 16.2 Å². The van der Waals surface area contributed by atoms with E-state index in [2.05, 4.69) is 180 Å². The summed E-state index contributed by atoms with van der Waals surface area (Å²) in [5.41, 5.74) is 19.8. The van der Waals surface area contributed by atoms with Gasteiger partial charge >= 0.3 is 0 Å². The topological polar surface area (TPSA) is 3.24 Å². The summed E-state index contributed by atoms with van der Waals surface area (Å²) < 4.78 is 18.5. The Hall–Kier alpha value is -5.92. The van der Waals surface area contributed by atoms with Crippen molar-refractivity contribution < 1.29 is 2.74 Å². The van der Waals surface area contributed by atoms with Gasteiger partial charge in [-0.05, 0) is 114 Å². The summed E-state index contributed by atoms with van der Waals surface area (Å²) in [5.74, 6) is 0. The van der Waals surface area contributed by atoms with Crippen molar-refractivity contribution in [2.75, 3.05) is 4.90 Å². The molecule has 0 bridgehead atoms. The minimum absolute atomic E-state index is 0.135. The molecule has 10 rings (SSSR count). The lowest BCUT2D eigenvalue weighted by Gasteiger charge is -2.29. The molecule has 0 aromatic heterocycles. The Labute approximate surface area is 323 Å². The third-order valence-electron chi connectivity index (χ3n) is 12.7. The van der Waals surface area contributed by atoms with Crippen molar-refractivity contribution in [2.45, 2.75) is 57.8 Å². The third kappa shape index (κ3) is 4.70. The van der Waals surface area contributed by atoms with Crippen LogP contribution in [0.4, 0.5) is 17.1 Å². The molecule has 3 aliphatic carbocycles. The average molecular weight is 698 g/mol. The maximum atomic E-state index is 9.25. The first-order valence-electron chi connectivity index (χ1n) is 20.2. The molecule has 1 heteroatoms. The molecule has 0 amide bonds. The standard InChI is InChI=1S/C53H45N/c1-51(2)45-16-10-7-13-39(45)42-28-23-35(31-48(42)51)20-19-34-21-24-36(25-22-34)54(37-26-29-43-40-14-8-11-17-46(40)52(3,4)49(43)32-37)38-27-30-44-41-15-9-12-18-47(41)53(5,6)50(44)33-38/h7-33H,1-6H3/b20-19+/i19D,20D. The van der Waals surface area contributed by atoms with Crippen LogP contribution in [0.1, 0.15) is 88.8 Å². The van der Waals surface area contributed by atoms with Crippen molar-refractivity contribution in [3.8, 4) is 33.4 Å². The second-order valence-corrected chi connectivity index (χ2v) is 16.9. The van der Waals surface area contributed by atoms with Crippen LogP contribution in [0, 0.1) is 0 Å². The number of hydrogen-bond acceptors (Lipinski definition) is 1. The first-order chi connectivity index (χ1) is 26.9. The predicted molar refractivity (Wildman–Crippen MR) is 229 cm³/mol. The van der Waals surface area contributed by atoms with Gasteiger partial charge in [-0.25, -0.2) is 0 Å². The monoisotopic (exact) mass is 697 g/mol. The van der Waals surface area contributed by atoms with E-state index in [1.807, 2.05) is 18.2 Å². The quantitative estimate of drug-likeness (QED) is 0.162.